The van der Waals surface area contributed by atoms with Gasteiger partial charge in [-0.25, -0.2) is 0 Å². The standard InChI is InChI=1S/C28H31N3O2/c1-22-10-9-15-26(23(22)2)29-16-18-30(19-17-29)27(32)28(33)31(20-24-11-5-3-6-12-24)21-25-13-7-4-8-14-25/h3-15H,16-21H2,1-2H3. The first-order chi connectivity index (χ1) is 16.0. The number of nitrogens with zero attached hydrogens (tertiary/aromatic N) is 3. The molecule has 1 saturated heterocycles. The summed E-state index contributed by atoms with van der Waals surface area (Å²) in [6.07, 6.45) is 0. The first-order valence-electron chi connectivity index (χ1n) is 11.5. The van der Waals surface area contributed by atoms with E-state index in [0.717, 1.165) is 24.2 Å². The molecular formula is C28H31N3O2. The Bertz CT molecular complexity index is 1050. The quantitative estimate of drug-likeness (QED) is 0.558. The molecule has 0 aromatic heterocycles. The molecule has 1 heterocycles. The Morgan fingerprint density at radius 1 is 0.727 bits per heavy atom. The maximum absolute atomic E-state index is 13.3. The minimum absolute atomic E-state index is 0.406. The van der Waals surface area contributed by atoms with Crippen LogP contribution in [0, 0.1) is 13.8 Å². The van der Waals surface area contributed by atoms with Gasteiger partial charge in [-0.3, -0.25) is 9.59 Å². The fraction of sp³-hybridized carbons (Fsp3) is 0.286. The van der Waals surface area contributed by atoms with Crippen LogP contribution in [-0.2, 0) is 22.7 Å². The van der Waals surface area contributed by atoms with Gasteiger partial charge in [-0.15, -0.1) is 0 Å². The number of anilines is 1. The highest BCUT2D eigenvalue weighted by Crippen LogP contribution is 2.24. The molecule has 0 radical (unpaired) electrons. The zero-order valence-electron chi connectivity index (χ0n) is 19.4. The zero-order chi connectivity index (χ0) is 23.2. The number of amides is 2. The van der Waals surface area contributed by atoms with Crippen LogP contribution in [0.4, 0.5) is 5.69 Å². The lowest BCUT2D eigenvalue weighted by Crippen LogP contribution is -2.53. The second kappa shape index (κ2) is 10.3. The second-order valence-corrected chi connectivity index (χ2v) is 8.63. The molecule has 1 fully saturated rings. The van der Waals surface area contributed by atoms with Gasteiger partial charge in [0.05, 0.1) is 0 Å². The molecule has 1 aliphatic heterocycles. The van der Waals surface area contributed by atoms with Crippen molar-refractivity contribution in [1.29, 1.82) is 0 Å². The fourth-order valence-corrected chi connectivity index (χ4v) is 4.31. The van der Waals surface area contributed by atoms with Crippen LogP contribution in [0.1, 0.15) is 22.3 Å². The van der Waals surface area contributed by atoms with Gasteiger partial charge in [-0.1, -0.05) is 72.8 Å². The van der Waals surface area contributed by atoms with Crippen LogP contribution < -0.4 is 4.90 Å². The summed E-state index contributed by atoms with van der Waals surface area (Å²) < 4.78 is 0. The molecule has 0 unspecified atom stereocenters. The highest BCUT2D eigenvalue weighted by molar-refractivity contribution is 6.34. The number of benzene rings is 3. The lowest BCUT2D eigenvalue weighted by atomic mass is 10.1. The van der Waals surface area contributed by atoms with Crippen LogP contribution in [0.25, 0.3) is 0 Å². The summed E-state index contributed by atoms with van der Waals surface area (Å²) in [5.74, 6) is -0.856. The number of rotatable bonds is 5. The van der Waals surface area contributed by atoms with E-state index in [-0.39, 0.29) is 0 Å². The Morgan fingerprint density at radius 2 is 1.27 bits per heavy atom. The first-order valence-corrected chi connectivity index (χ1v) is 11.5. The average Bonchev–Trinajstić information content (AvgIpc) is 2.86. The largest absolute Gasteiger partial charge is 0.368 e. The van der Waals surface area contributed by atoms with Gasteiger partial charge in [-0.05, 0) is 42.2 Å². The summed E-state index contributed by atoms with van der Waals surface area (Å²) in [4.78, 5) is 32.2. The molecule has 0 bridgehead atoms. The van der Waals surface area contributed by atoms with Crippen LogP contribution in [0.2, 0.25) is 0 Å². The van der Waals surface area contributed by atoms with Gasteiger partial charge in [0.25, 0.3) is 0 Å². The van der Waals surface area contributed by atoms with E-state index in [1.54, 1.807) is 9.80 Å². The van der Waals surface area contributed by atoms with E-state index in [1.807, 2.05) is 60.7 Å². The summed E-state index contributed by atoms with van der Waals surface area (Å²) in [6, 6.07) is 26.0. The van der Waals surface area contributed by atoms with Crippen molar-refractivity contribution < 1.29 is 9.59 Å². The van der Waals surface area contributed by atoms with Crippen LogP contribution in [-0.4, -0.2) is 47.8 Å². The Labute approximate surface area is 196 Å². The molecule has 3 aromatic carbocycles. The highest BCUT2D eigenvalue weighted by atomic mass is 16.2. The summed E-state index contributed by atoms with van der Waals surface area (Å²) >= 11 is 0. The van der Waals surface area contributed by atoms with E-state index >= 15 is 0 Å². The average molecular weight is 442 g/mol. The van der Waals surface area contributed by atoms with Crippen molar-refractivity contribution in [3.8, 4) is 0 Å². The van der Waals surface area contributed by atoms with Crippen molar-refractivity contribution in [1.82, 2.24) is 9.80 Å². The summed E-state index contributed by atoms with van der Waals surface area (Å²) in [5.41, 5.74) is 5.76. The molecular weight excluding hydrogens is 410 g/mol. The molecule has 5 heteroatoms. The van der Waals surface area contributed by atoms with Gasteiger partial charge in [0.2, 0.25) is 0 Å². The van der Waals surface area contributed by atoms with Gasteiger partial charge in [0.15, 0.2) is 0 Å². The lowest BCUT2D eigenvalue weighted by molar-refractivity contribution is -0.152. The second-order valence-electron chi connectivity index (χ2n) is 8.63. The lowest BCUT2D eigenvalue weighted by Gasteiger charge is -2.37. The van der Waals surface area contributed by atoms with Gasteiger partial charge >= 0.3 is 11.8 Å². The number of hydrogen-bond donors (Lipinski definition) is 0. The molecule has 0 N–H and O–H groups in total. The molecule has 170 valence electrons. The Kier molecular flexibility index (Phi) is 7.08. The number of hydrogen-bond acceptors (Lipinski definition) is 3. The van der Waals surface area contributed by atoms with Crippen LogP contribution >= 0.6 is 0 Å². The van der Waals surface area contributed by atoms with Crippen molar-refractivity contribution in [2.45, 2.75) is 26.9 Å². The topological polar surface area (TPSA) is 43.9 Å². The van der Waals surface area contributed by atoms with Crippen LogP contribution in [0.3, 0.4) is 0 Å². The van der Waals surface area contributed by atoms with Crippen molar-refractivity contribution in [3.05, 3.63) is 101 Å². The number of carbonyl (C=O) groups is 2. The Hall–Kier alpha value is -3.60. The van der Waals surface area contributed by atoms with Crippen molar-refractivity contribution in [2.75, 3.05) is 31.1 Å². The molecule has 0 aliphatic carbocycles. The summed E-state index contributed by atoms with van der Waals surface area (Å²) in [5, 5.41) is 0. The molecule has 0 spiro atoms. The molecule has 3 aromatic rings. The predicted octanol–water partition coefficient (Wildman–Crippen LogP) is 4.18. The van der Waals surface area contributed by atoms with E-state index in [2.05, 4.69) is 36.9 Å². The number of carbonyl (C=O) groups excluding carboxylic acids is 2. The molecule has 33 heavy (non-hydrogen) atoms. The van der Waals surface area contributed by atoms with Gasteiger partial charge in [-0.2, -0.15) is 0 Å². The van der Waals surface area contributed by atoms with Gasteiger partial charge in [0, 0.05) is 45.0 Å². The number of piperazine rings is 1. The van der Waals surface area contributed by atoms with E-state index < -0.39 is 11.8 Å². The molecule has 5 nitrogen and oxygen atoms in total. The summed E-state index contributed by atoms with van der Waals surface area (Å²) in [7, 11) is 0. The van der Waals surface area contributed by atoms with E-state index in [4.69, 9.17) is 0 Å². The fourth-order valence-electron chi connectivity index (χ4n) is 4.31. The van der Waals surface area contributed by atoms with Gasteiger partial charge < -0.3 is 14.7 Å². The minimum Gasteiger partial charge on any atom is -0.368 e. The molecule has 0 saturated carbocycles. The zero-order valence-corrected chi connectivity index (χ0v) is 19.4. The van der Waals surface area contributed by atoms with Crippen LogP contribution in [0.5, 0.6) is 0 Å². The van der Waals surface area contributed by atoms with E-state index in [1.165, 1.54) is 16.8 Å². The monoisotopic (exact) mass is 441 g/mol. The minimum atomic E-state index is -0.442. The SMILES string of the molecule is Cc1cccc(N2CCN(C(=O)C(=O)N(Cc3ccccc3)Cc3ccccc3)CC2)c1C. The Morgan fingerprint density at radius 3 is 1.82 bits per heavy atom. The third kappa shape index (κ3) is 5.43. The number of aryl methyl sites for hydroxylation is 1. The molecule has 1 aliphatic rings. The predicted molar refractivity (Wildman–Crippen MR) is 132 cm³/mol. The van der Waals surface area contributed by atoms with Crippen molar-refractivity contribution in [2.24, 2.45) is 0 Å². The van der Waals surface area contributed by atoms with Crippen molar-refractivity contribution >= 4 is 17.5 Å². The van der Waals surface area contributed by atoms with Gasteiger partial charge in [0.1, 0.15) is 0 Å². The van der Waals surface area contributed by atoms with Crippen LogP contribution in [0.15, 0.2) is 78.9 Å². The summed E-state index contributed by atoms with van der Waals surface area (Å²) in [6.45, 7) is 7.60. The van der Waals surface area contributed by atoms with Crippen molar-refractivity contribution in [3.63, 3.8) is 0 Å². The smallest absolute Gasteiger partial charge is 0.312 e. The normalized spacial score (nSPS) is 13.6. The molecule has 2 amide bonds. The van der Waals surface area contributed by atoms with E-state index in [9.17, 15) is 9.59 Å². The maximum atomic E-state index is 13.3. The maximum Gasteiger partial charge on any atom is 0.312 e. The highest BCUT2D eigenvalue weighted by Gasteiger charge is 2.30. The third-order valence-electron chi connectivity index (χ3n) is 6.39. The van der Waals surface area contributed by atoms with E-state index in [0.29, 0.717) is 26.2 Å². The third-order valence-corrected chi connectivity index (χ3v) is 6.39. The molecule has 0 atom stereocenters. The Balaban J connectivity index is 1.45. The molecule has 4 rings (SSSR count). The first kappa shape index (κ1) is 22.6.